The molecule has 5 nitrogen and oxygen atoms in total. The van der Waals surface area contributed by atoms with E-state index in [2.05, 4.69) is 4.98 Å². The molecule has 1 aromatic heterocycles. The van der Waals surface area contributed by atoms with Crippen LogP contribution in [0, 0.1) is 12.8 Å². The summed E-state index contributed by atoms with van der Waals surface area (Å²) in [6.45, 7) is 3.92. The van der Waals surface area contributed by atoms with Crippen molar-refractivity contribution in [3.8, 4) is 5.75 Å². The molecule has 1 aromatic rings. The third-order valence-electron chi connectivity index (χ3n) is 4.32. The number of aryl methyl sites for hydroxylation is 1. The van der Waals surface area contributed by atoms with Crippen LogP contribution in [0.4, 0.5) is 0 Å². The fourth-order valence-electron chi connectivity index (χ4n) is 2.74. The van der Waals surface area contributed by atoms with Crippen LogP contribution in [0.2, 0.25) is 0 Å². The lowest BCUT2D eigenvalue weighted by Crippen LogP contribution is -2.41. The molecule has 2 aliphatic rings. The molecule has 0 amide bonds. The first kappa shape index (κ1) is 14.8. The normalized spacial score (nSPS) is 21.4. The lowest BCUT2D eigenvalue weighted by molar-refractivity contribution is 0.184. The van der Waals surface area contributed by atoms with Gasteiger partial charge in [-0.2, -0.15) is 0 Å². The summed E-state index contributed by atoms with van der Waals surface area (Å²) in [4.78, 5) is 4.05. The molecule has 0 atom stereocenters. The van der Waals surface area contributed by atoms with E-state index in [0.717, 1.165) is 37.0 Å². The molecule has 0 radical (unpaired) electrons. The number of hydrogen-bond acceptors (Lipinski definition) is 4. The monoisotopic (exact) mass is 310 g/mol. The minimum Gasteiger partial charge on any atom is -0.493 e. The van der Waals surface area contributed by atoms with Gasteiger partial charge in [-0.25, -0.2) is 12.7 Å². The number of nitrogens with zero attached hydrogens (tertiary/aromatic N) is 2. The summed E-state index contributed by atoms with van der Waals surface area (Å²) in [6, 6.07) is 1.88. The van der Waals surface area contributed by atoms with Gasteiger partial charge in [0.25, 0.3) is 0 Å². The van der Waals surface area contributed by atoms with Gasteiger partial charge in [-0.1, -0.05) is 0 Å². The lowest BCUT2D eigenvalue weighted by Gasteiger charge is -2.31. The molecule has 0 unspecified atom stereocenters. The summed E-state index contributed by atoms with van der Waals surface area (Å²) in [7, 11) is -3.00. The topological polar surface area (TPSA) is 59.5 Å². The highest BCUT2D eigenvalue weighted by Gasteiger charge is 2.41. The first-order valence-corrected chi connectivity index (χ1v) is 9.10. The molecule has 2 heterocycles. The van der Waals surface area contributed by atoms with E-state index >= 15 is 0 Å². The molecular weight excluding hydrogens is 288 g/mol. The van der Waals surface area contributed by atoms with E-state index in [1.807, 2.05) is 13.0 Å². The first-order valence-electron chi connectivity index (χ1n) is 7.60. The Labute approximate surface area is 126 Å². The quantitative estimate of drug-likeness (QED) is 0.834. The predicted octanol–water partition coefficient (Wildman–Crippen LogP) is 1.97. The SMILES string of the molecule is Cc1cnccc1OCC1CCN(S(=O)(=O)C2CC2)CC1. The van der Waals surface area contributed by atoms with Crippen molar-refractivity contribution in [2.75, 3.05) is 19.7 Å². The molecule has 3 rings (SSSR count). The van der Waals surface area contributed by atoms with Gasteiger partial charge in [0.1, 0.15) is 5.75 Å². The van der Waals surface area contributed by atoms with Crippen molar-refractivity contribution in [2.45, 2.75) is 37.9 Å². The Morgan fingerprint density at radius 2 is 2.00 bits per heavy atom. The van der Waals surface area contributed by atoms with Gasteiger partial charge < -0.3 is 4.74 Å². The van der Waals surface area contributed by atoms with Crippen molar-refractivity contribution in [1.29, 1.82) is 0 Å². The average Bonchev–Trinajstić information content (AvgIpc) is 3.32. The van der Waals surface area contributed by atoms with Gasteiger partial charge >= 0.3 is 0 Å². The summed E-state index contributed by atoms with van der Waals surface area (Å²) in [5, 5.41) is -0.0928. The van der Waals surface area contributed by atoms with Gasteiger partial charge in [0.2, 0.25) is 10.0 Å². The maximum absolute atomic E-state index is 12.2. The molecule has 1 aliphatic carbocycles. The van der Waals surface area contributed by atoms with Crippen LogP contribution in [0.5, 0.6) is 5.75 Å². The van der Waals surface area contributed by atoms with Crippen molar-refractivity contribution in [3.63, 3.8) is 0 Å². The highest BCUT2D eigenvalue weighted by molar-refractivity contribution is 7.90. The fourth-order valence-corrected chi connectivity index (χ4v) is 4.61. The molecule has 1 saturated heterocycles. The van der Waals surface area contributed by atoms with Crippen LogP contribution in [-0.2, 0) is 10.0 Å². The van der Waals surface area contributed by atoms with E-state index in [1.165, 1.54) is 0 Å². The van der Waals surface area contributed by atoms with Crippen LogP contribution in [0.1, 0.15) is 31.2 Å². The largest absolute Gasteiger partial charge is 0.493 e. The molecule has 1 saturated carbocycles. The summed E-state index contributed by atoms with van der Waals surface area (Å²) in [5.41, 5.74) is 1.03. The first-order chi connectivity index (χ1) is 10.1. The second kappa shape index (κ2) is 5.93. The summed E-state index contributed by atoms with van der Waals surface area (Å²) in [6.07, 6.45) is 6.97. The second-order valence-electron chi connectivity index (χ2n) is 6.04. The van der Waals surface area contributed by atoms with Crippen LogP contribution in [0.25, 0.3) is 0 Å². The smallest absolute Gasteiger partial charge is 0.216 e. The zero-order valence-electron chi connectivity index (χ0n) is 12.4. The van der Waals surface area contributed by atoms with Gasteiger partial charge in [0, 0.05) is 31.0 Å². The summed E-state index contributed by atoms with van der Waals surface area (Å²) < 4.78 is 31.9. The molecule has 6 heteroatoms. The van der Waals surface area contributed by atoms with Gasteiger partial charge in [-0.05, 0) is 44.6 Å². The van der Waals surface area contributed by atoms with Gasteiger partial charge in [-0.3, -0.25) is 4.98 Å². The number of rotatable bonds is 5. The zero-order chi connectivity index (χ0) is 14.9. The van der Waals surface area contributed by atoms with Crippen molar-refractivity contribution >= 4 is 10.0 Å². The molecule has 0 spiro atoms. The van der Waals surface area contributed by atoms with Crippen LogP contribution in [0.15, 0.2) is 18.5 Å². The van der Waals surface area contributed by atoms with E-state index in [0.29, 0.717) is 25.6 Å². The Kier molecular flexibility index (Phi) is 4.17. The van der Waals surface area contributed by atoms with Gasteiger partial charge in [0.05, 0.1) is 11.9 Å². The minimum absolute atomic E-state index is 0.0928. The van der Waals surface area contributed by atoms with E-state index in [1.54, 1.807) is 16.7 Å². The maximum Gasteiger partial charge on any atom is 0.216 e. The predicted molar refractivity (Wildman–Crippen MR) is 80.7 cm³/mol. The standard InChI is InChI=1S/C15H22N2O3S/c1-12-10-16-7-4-15(12)20-11-13-5-8-17(9-6-13)21(18,19)14-2-3-14/h4,7,10,13-14H,2-3,5-6,8-9,11H2,1H3. The molecule has 0 N–H and O–H groups in total. The number of sulfonamides is 1. The van der Waals surface area contributed by atoms with Gasteiger partial charge in [0.15, 0.2) is 0 Å². The Morgan fingerprint density at radius 1 is 1.29 bits per heavy atom. The number of ether oxygens (including phenoxy) is 1. The number of aromatic nitrogens is 1. The molecule has 116 valence electrons. The Morgan fingerprint density at radius 3 is 2.62 bits per heavy atom. The molecule has 1 aliphatic heterocycles. The van der Waals surface area contributed by atoms with Crippen LogP contribution >= 0.6 is 0 Å². The van der Waals surface area contributed by atoms with Crippen LogP contribution < -0.4 is 4.74 Å². The Hall–Kier alpha value is -1.14. The fraction of sp³-hybridized carbons (Fsp3) is 0.667. The van der Waals surface area contributed by atoms with Gasteiger partial charge in [-0.15, -0.1) is 0 Å². The Bertz CT molecular complexity index is 591. The zero-order valence-corrected chi connectivity index (χ0v) is 13.2. The van der Waals surface area contributed by atoms with Crippen molar-refractivity contribution in [2.24, 2.45) is 5.92 Å². The van der Waals surface area contributed by atoms with Crippen molar-refractivity contribution in [3.05, 3.63) is 24.0 Å². The minimum atomic E-state index is -3.00. The van der Waals surface area contributed by atoms with Crippen LogP contribution in [0.3, 0.4) is 0 Å². The molecule has 0 bridgehead atoms. The molecular formula is C15H22N2O3S. The number of hydrogen-bond donors (Lipinski definition) is 0. The molecule has 0 aromatic carbocycles. The van der Waals surface area contributed by atoms with Crippen molar-refractivity contribution < 1.29 is 13.2 Å². The van der Waals surface area contributed by atoms with E-state index in [9.17, 15) is 8.42 Å². The third kappa shape index (κ3) is 3.37. The lowest BCUT2D eigenvalue weighted by atomic mass is 9.99. The highest BCUT2D eigenvalue weighted by atomic mass is 32.2. The van der Waals surface area contributed by atoms with E-state index in [-0.39, 0.29) is 5.25 Å². The number of piperidine rings is 1. The maximum atomic E-state index is 12.2. The highest BCUT2D eigenvalue weighted by Crippen LogP contribution is 2.33. The summed E-state index contributed by atoms with van der Waals surface area (Å²) in [5.74, 6) is 1.31. The number of pyridine rings is 1. The molecule has 2 fully saturated rings. The average molecular weight is 310 g/mol. The van der Waals surface area contributed by atoms with Crippen molar-refractivity contribution in [1.82, 2.24) is 9.29 Å². The third-order valence-corrected chi connectivity index (χ3v) is 6.72. The summed E-state index contributed by atoms with van der Waals surface area (Å²) >= 11 is 0. The van der Waals surface area contributed by atoms with E-state index < -0.39 is 10.0 Å². The second-order valence-corrected chi connectivity index (χ2v) is 8.25. The Balaban J connectivity index is 1.49. The van der Waals surface area contributed by atoms with Crippen LogP contribution in [-0.4, -0.2) is 42.7 Å². The molecule has 21 heavy (non-hydrogen) atoms. The van der Waals surface area contributed by atoms with E-state index in [4.69, 9.17) is 4.74 Å².